The van der Waals surface area contributed by atoms with Crippen LogP contribution in [0.2, 0.25) is 0 Å². The van der Waals surface area contributed by atoms with Crippen molar-refractivity contribution in [3.63, 3.8) is 0 Å². The topological polar surface area (TPSA) is 61.8 Å². The number of amides is 1. The fraction of sp³-hybridized carbons (Fsp3) is 0.600. The van der Waals surface area contributed by atoms with Crippen LogP contribution in [0.3, 0.4) is 0 Å². The average Bonchev–Trinajstić information content (AvgIpc) is 2.64. The maximum Gasteiger partial charge on any atom is 0.250 e. The minimum atomic E-state index is -1.13. The lowest BCUT2D eigenvalue weighted by Crippen LogP contribution is -2.43. The molecule has 0 unspecified atom stereocenters. The van der Waals surface area contributed by atoms with Crippen molar-refractivity contribution in [3.8, 4) is 0 Å². The molecule has 2 rings (SSSR count). The number of nitrogens with zero attached hydrogens (tertiary/aromatic N) is 1. The molecule has 0 radical (unpaired) electrons. The molecule has 2 aliphatic rings. The molecule has 2 heterocycles. The van der Waals surface area contributed by atoms with Crippen LogP contribution in [0.25, 0.3) is 0 Å². The van der Waals surface area contributed by atoms with E-state index in [1.54, 1.807) is 11.1 Å². The second kappa shape index (κ2) is 5.99. The third kappa shape index (κ3) is 3.79. The van der Waals surface area contributed by atoms with Gasteiger partial charge >= 0.3 is 0 Å². The monoisotopic (exact) mass is 312 g/mol. The van der Waals surface area contributed by atoms with Crippen LogP contribution >= 0.6 is 6.89 Å². The summed E-state index contributed by atoms with van der Waals surface area (Å²) in [5, 5.41) is 13.0. The van der Waals surface area contributed by atoms with Gasteiger partial charge in [-0.1, -0.05) is 13.5 Å². The fourth-order valence-electron chi connectivity index (χ4n) is 2.65. The maximum absolute atomic E-state index is 11.3. The van der Waals surface area contributed by atoms with E-state index in [9.17, 15) is 9.90 Å². The summed E-state index contributed by atoms with van der Waals surface area (Å²) in [5.41, 5.74) is 0. The molecular formula is C15H25N2O3P. The molecule has 1 saturated heterocycles. The van der Waals surface area contributed by atoms with E-state index < -0.39 is 13.0 Å². The lowest BCUT2D eigenvalue weighted by molar-refractivity contribution is -0.117. The smallest absolute Gasteiger partial charge is 0.250 e. The molecule has 0 aromatic carbocycles. The Morgan fingerprint density at radius 3 is 2.76 bits per heavy atom. The van der Waals surface area contributed by atoms with E-state index in [4.69, 9.17) is 4.74 Å². The Morgan fingerprint density at radius 2 is 2.19 bits per heavy atom. The normalized spacial score (nSPS) is 33.4. The zero-order valence-corrected chi connectivity index (χ0v) is 13.8. The van der Waals surface area contributed by atoms with Crippen LogP contribution < -0.4 is 5.32 Å². The van der Waals surface area contributed by atoms with Gasteiger partial charge in [0.05, 0.1) is 12.2 Å². The third-order valence-corrected chi connectivity index (χ3v) is 5.41. The van der Waals surface area contributed by atoms with E-state index in [0.717, 1.165) is 12.6 Å². The number of carbonyl (C=O) groups is 1. The number of nitrogens with one attached hydrogen (secondary N) is 1. The van der Waals surface area contributed by atoms with E-state index in [0.29, 0.717) is 5.82 Å². The molecule has 118 valence electrons. The molecule has 0 spiro atoms. The van der Waals surface area contributed by atoms with Crippen LogP contribution in [0.4, 0.5) is 0 Å². The molecule has 0 bridgehead atoms. The number of aliphatic hydroxyl groups excluding tert-OH is 1. The quantitative estimate of drug-likeness (QED) is 0.767. The van der Waals surface area contributed by atoms with E-state index >= 15 is 0 Å². The summed E-state index contributed by atoms with van der Waals surface area (Å²) in [7, 11) is 0. The Bertz CT molecular complexity index is 511. The highest BCUT2D eigenvalue weighted by molar-refractivity contribution is 7.72. The van der Waals surface area contributed by atoms with Gasteiger partial charge in [0.15, 0.2) is 0 Å². The molecular weight excluding hydrogens is 287 g/mol. The Hall–Kier alpha value is -1.03. The first kappa shape index (κ1) is 16.3. The van der Waals surface area contributed by atoms with Crippen molar-refractivity contribution < 1.29 is 14.6 Å². The van der Waals surface area contributed by atoms with E-state index in [2.05, 4.69) is 31.5 Å². The molecule has 5 nitrogen and oxygen atoms in total. The molecule has 0 aromatic rings. The van der Waals surface area contributed by atoms with Gasteiger partial charge in [0, 0.05) is 18.2 Å². The minimum absolute atomic E-state index is 0.0577. The van der Waals surface area contributed by atoms with Gasteiger partial charge in [0.2, 0.25) is 0 Å². The molecule has 6 heteroatoms. The number of ether oxygens (including phenoxy) is 1. The van der Waals surface area contributed by atoms with Crippen LogP contribution in [0.5, 0.6) is 0 Å². The Balaban J connectivity index is 2.06. The number of hydrogen-bond donors (Lipinski definition) is 2. The second-order valence-corrected chi connectivity index (χ2v) is 10.8. The predicted octanol–water partition coefficient (Wildman–Crippen LogP) is 1.22. The van der Waals surface area contributed by atoms with E-state index in [1.165, 1.54) is 6.08 Å². The molecule has 1 amide bonds. The molecule has 0 aliphatic carbocycles. The predicted molar refractivity (Wildman–Crippen MR) is 87.5 cm³/mol. The first-order valence-corrected chi connectivity index (χ1v) is 10.2. The lowest BCUT2D eigenvalue weighted by atomic mass is 10.00. The van der Waals surface area contributed by atoms with E-state index in [1.807, 2.05) is 6.92 Å². The fourth-order valence-corrected chi connectivity index (χ4v) is 3.60. The number of carbonyl (C=O) groups excluding carboxylic acids is 1. The number of rotatable bonds is 4. The number of hydrogen-bond acceptors (Lipinski definition) is 4. The van der Waals surface area contributed by atoms with Crippen LogP contribution in [0.1, 0.15) is 13.3 Å². The molecule has 21 heavy (non-hydrogen) atoms. The van der Waals surface area contributed by atoms with Crippen LogP contribution in [0.15, 0.2) is 24.7 Å². The zero-order chi connectivity index (χ0) is 15.8. The Labute approximate surface area is 126 Å². The van der Waals surface area contributed by atoms with Crippen LogP contribution in [-0.4, -0.2) is 60.1 Å². The van der Waals surface area contributed by atoms with Gasteiger partial charge in [0.25, 0.3) is 5.91 Å². The van der Waals surface area contributed by atoms with Crippen molar-refractivity contribution in [2.75, 3.05) is 19.5 Å². The van der Waals surface area contributed by atoms with Gasteiger partial charge in [-0.05, 0) is 25.9 Å². The van der Waals surface area contributed by atoms with Crippen molar-refractivity contribution in [2.45, 2.75) is 31.8 Å². The first-order chi connectivity index (χ1) is 9.69. The summed E-state index contributed by atoms with van der Waals surface area (Å²) in [5.74, 6) is 0.234. The van der Waals surface area contributed by atoms with Gasteiger partial charge in [-0.15, -0.1) is 13.2 Å². The third-order valence-electron chi connectivity index (χ3n) is 3.94. The summed E-state index contributed by atoms with van der Waals surface area (Å²) in [6.07, 6.45) is 8.08. The SMILES string of the molecule is C=C1NC(=O)C=CN1[C@@H]1O[C@H](CCP(=C)(C)C)[C@@H](O)[C@H]1C. The van der Waals surface area contributed by atoms with E-state index in [-0.39, 0.29) is 24.2 Å². The largest absolute Gasteiger partial charge is 0.390 e. The van der Waals surface area contributed by atoms with Crippen molar-refractivity contribution in [1.29, 1.82) is 0 Å². The second-order valence-electron chi connectivity index (χ2n) is 6.52. The molecule has 4 atom stereocenters. The Morgan fingerprint density at radius 1 is 1.52 bits per heavy atom. The average molecular weight is 312 g/mol. The van der Waals surface area contributed by atoms with Gasteiger partial charge in [0.1, 0.15) is 12.0 Å². The Kier molecular flexibility index (Phi) is 4.66. The molecule has 2 aliphatic heterocycles. The minimum Gasteiger partial charge on any atom is -0.390 e. The summed E-state index contributed by atoms with van der Waals surface area (Å²) < 4.78 is 6.03. The standard InChI is InChI=1S/C15H25N2O3P/c1-10-14(19)12(7-9-21(3,4)5)20-15(10)17-8-6-13(18)16-11(17)2/h6,8,10,12,14-15,19H,2-3,7,9H2,1,4-5H3,(H,16,18)/t10-,12-,14+,15-/m1/s1. The summed E-state index contributed by atoms with van der Waals surface area (Å²) in [6.45, 7) is 9.02. The highest BCUT2D eigenvalue weighted by Gasteiger charge is 2.44. The summed E-state index contributed by atoms with van der Waals surface area (Å²) in [6, 6.07) is 0. The highest BCUT2D eigenvalue weighted by atomic mass is 31.2. The maximum atomic E-state index is 11.3. The number of aliphatic hydroxyl groups is 1. The van der Waals surface area contributed by atoms with Crippen molar-refractivity contribution in [1.82, 2.24) is 10.2 Å². The van der Waals surface area contributed by atoms with Crippen molar-refractivity contribution in [2.24, 2.45) is 5.92 Å². The van der Waals surface area contributed by atoms with Crippen LogP contribution in [-0.2, 0) is 9.53 Å². The van der Waals surface area contributed by atoms with Gasteiger partial charge in [-0.3, -0.25) is 4.79 Å². The van der Waals surface area contributed by atoms with Crippen LogP contribution in [0, 0.1) is 5.92 Å². The summed E-state index contributed by atoms with van der Waals surface area (Å²) >= 11 is 0. The molecule has 0 aromatic heterocycles. The molecule has 0 saturated carbocycles. The van der Waals surface area contributed by atoms with Crippen molar-refractivity contribution >= 4 is 19.1 Å². The molecule has 1 fully saturated rings. The van der Waals surface area contributed by atoms with Crippen molar-refractivity contribution in [3.05, 3.63) is 24.7 Å². The zero-order valence-electron chi connectivity index (χ0n) is 13.0. The summed E-state index contributed by atoms with van der Waals surface area (Å²) in [4.78, 5) is 13.1. The van der Waals surface area contributed by atoms with Gasteiger partial charge < -0.3 is 20.1 Å². The molecule has 2 N–H and O–H groups in total. The van der Waals surface area contributed by atoms with Gasteiger partial charge in [-0.25, -0.2) is 0 Å². The lowest BCUT2D eigenvalue weighted by Gasteiger charge is -2.33. The van der Waals surface area contributed by atoms with Gasteiger partial charge in [-0.2, -0.15) is 0 Å². The first-order valence-electron chi connectivity index (χ1n) is 7.16. The highest BCUT2D eigenvalue weighted by Crippen LogP contribution is 2.39.